The van der Waals surface area contributed by atoms with Crippen molar-refractivity contribution in [2.45, 2.75) is 150 Å². The van der Waals surface area contributed by atoms with Gasteiger partial charge in [0.1, 0.15) is 11.9 Å². The Labute approximate surface area is 238 Å². The van der Waals surface area contributed by atoms with E-state index in [9.17, 15) is 19.2 Å². The monoisotopic (exact) mass is 556 g/mol. The van der Waals surface area contributed by atoms with Crippen molar-refractivity contribution in [2.75, 3.05) is 13.6 Å². The van der Waals surface area contributed by atoms with E-state index >= 15 is 0 Å². The van der Waals surface area contributed by atoms with Crippen LogP contribution in [0.1, 0.15) is 121 Å². The zero-order valence-corrected chi connectivity index (χ0v) is 26.8. The molecule has 9 heteroatoms. The number of alkyl carbamates (subject to hydrolysis) is 1. The van der Waals surface area contributed by atoms with Gasteiger partial charge in [0.2, 0.25) is 11.8 Å². The van der Waals surface area contributed by atoms with Crippen LogP contribution in [0.3, 0.4) is 0 Å². The second kappa shape index (κ2) is 21.6. The van der Waals surface area contributed by atoms with E-state index in [1.54, 1.807) is 20.8 Å². The van der Waals surface area contributed by atoms with Gasteiger partial charge < -0.3 is 25.5 Å². The van der Waals surface area contributed by atoms with Gasteiger partial charge >= 0.3 is 6.09 Å². The van der Waals surface area contributed by atoms with Gasteiger partial charge in [-0.25, -0.2) is 4.79 Å². The van der Waals surface area contributed by atoms with Crippen molar-refractivity contribution in [3.05, 3.63) is 0 Å². The van der Waals surface area contributed by atoms with E-state index in [2.05, 4.69) is 27.9 Å². The summed E-state index contributed by atoms with van der Waals surface area (Å²) in [6, 6.07) is 0.647. The van der Waals surface area contributed by atoms with Gasteiger partial charge in [-0.2, -0.15) is 0 Å². The van der Waals surface area contributed by atoms with Crippen LogP contribution >= 0.6 is 0 Å². The molecule has 3 amide bonds. The van der Waals surface area contributed by atoms with Crippen LogP contribution in [0.2, 0.25) is 0 Å². The average Bonchev–Trinajstić information content (AvgIpc) is 3.62. The number of hydrogen-bond acceptors (Lipinski definition) is 6. The molecule has 0 aromatic carbocycles. The summed E-state index contributed by atoms with van der Waals surface area (Å²) in [5, 5.41) is 8.23. The van der Waals surface area contributed by atoms with Crippen molar-refractivity contribution in [3.63, 3.8) is 0 Å². The van der Waals surface area contributed by atoms with E-state index in [1.165, 1.54) is 19.3 Å². The molecule has 2 saturated heterocycles. The molecule has 3 fully saturated rings. The molecule has 0 spiro atoms. The lowest BCUT2D eigenvalue weighted by atomic mass is 9.98. The molecule has 0 radical (unpaired) electrons. The second-order valence-corrected chi connectivity index (χ2v) is 11.0. The third kappa shape index (κ3) is 17.2. The molecule has 2 aliphatic heterocycles. The number of unbranched alkanes of at least 4 members (excludes halogenated alkanes) is 1. The van der Waals surface area contributed by atoms with Crippen LogP contribution in [-0.4, -0.2) is 72.5 Å². The SMILES string of the molecule is CC.CC.CC(C)NC(=O)C1C2CCC(C2)N1C.CCCC[C@@H](C=O)NC(=O)OC(C)(C)C.O=C1CCCN1. The Morgan fingerprint density at radius 2 is 1.74 bits per heavy atom. The molecule has 2 heterocycles. The number of fused-ring (bicyclic) bond motifs is 2. The van der Waals surface area contributed by atoms with E-state index in [-0.39, 0.29) is 23.9 Å². The number of amides is 3. The fourth-order valence-electron chi connectivity index (χ4n) is 4.60. The first-order valence-corrected chi connectivity index (χ1v) is 15.1. The Balaban J connectivity index is 0. The van der Waals surface area contributed by atoms with Gasteiger partial charge in [0, 0.05) is 25.0 Å². The third-order valence-corrected chi connectivity index (χ3v) is 6.24. The minimum Gasteiger partial charge on any atom is -0.444 e. The molecule has 1 aliphatic carbocycles. The summed E-state index contributed by atoms with van der Waals surface area (Å²) in [5.41, 5.74) is -0.526. The fraction of sp³-hybridized carbons (Fsp3) is 0.867. The Morgan fingerprint density at radius 1 is 1.13 bits per heavy atom. The number of hydrogen-bond donors (Lipinski definition) is 3. The predicted octanol–water partition coefficient (Wildman–Crippen LogP) is 5.21. The fourth-order valence-corrected chi connectivity index (χ4v) is 4.60. The van der Waals surface area contributed by atoms with E-state index in [4.69, 9.17) is 4.74 Å². The van der Waals surface area contributed by atoms with Crippen LogP contribution in [0.4, 0.5) is 4.79 Å². The van der Waals surface area contributed by atoms with Crippen molar-refractivity contribution in [1.29, 1.82) is 0 Å². The van der Waals surface area contributed by atoms with Crippen LogP contribution in [0.15, 0.2) is 0 Å². The lowest BCUT2D eigenvalue weighted by Gasteiger charge is -2.31. The van der Waals surface area contributed by atoms with Crippen LogP contribution in [0, 0.1) is 5.92 Å². The number of carbonyl (C=O) groups excluding carboxylic acids is 4. The quantitative estimate of drug-likeness (QED) is 0.371. The molecule has 230 valence electrons. The number of ether oxygens (including phenoxy) is 1. The molecule has 9 nitrogen and oxygen atoms in total. The van der Waals surface area contributed by atoms with Gasteiger partial charge in [-0.1, -0.05) is 47.5 Å². The first kappa shape index (κ1) is 39.0. The highest BCUT2D eigenvalue weighted by atomic mass is 16.6. The summed E-state index contributed by atoms with van der Waals surface area (Å²) in [6.45, 7) is 20.3. The van der Waals surface area contributed by atoms with Crippen LogP contribution < -0.4 is 16.0 Å². The van der Waals surface area contributed by atoms with Crippen LogP contribution in [0.25, 0.3) is 0 Å². The number of likely N-dealkylation sites (N-methyl/N-ethyl adjacent to an activating group) is 1. The molecule has 3 N–H and O–H groups in total. The maximum Gasteiger partial charge on any atom is 0.408 e. The summed E-state index contributed by atoms with van der Waals surface area (Å²) < 4.78 is 5.04. The van der Waals surface area contributed by atoms with Gasteiger partial charge in [-0.05, 0) is 79.7 Å². The predicted molar refractivity (Wildman–Crippen MR) is 160 cm³/mol. The number of nitrogens with one attached hydrogen (secondary N) is 3. The van der Waals surface area contributed by atoms with Gasteiger partial charge in [0.15, 0.2) is 0 Å². The molecular formula is C30H60N4O5. The molecule has 3 unspecified atom stereocenters. The van der Waals surface area contributed by atoms with Gasteiger partial charge in [-0.3, -0.25) is 14.5 Å². The normalized spacial score (nSPS) is 21.7. The Kier molecular flexibility index (Phi) is 21.6. The van der Waals surface area contributed by atoms with Crippen molar-refractivity contribution >= 4 is 24.2 Å². The van der Waals surface area contributed by atoms with Crippen molar-refractivity contribution in [3.8, 4) is 0 Å². The van der Waals surface area contributed by atoms with E-state index in [1.807, 2.05) is 48.5 Å². The van der Waals surface area contributed by atoms with Gasteiger partial charge in [-0.15, -0.1) is 0 Å². The molecule has 1 saturated carbocycles. The number of nitrogens with zero attached hydrogens (tertiary/aromatic N) is 1. The first-order valence-electron chi connectivity index (χ1n) is 15.1. The van der Waals surface area contributed by atoms with Crippen molar-refractivity contribution in [2.24, 2.45) is 5.92 Å². The zero-order chi connectivity index (χ0) is 30.6. The summed E-state index contributed by atoms with van der Waals surface area (Å²) in [7, 11) is 2.09. The average molecular weight is 557 g/mol. The molecule has 3 rings (SSSR count). The first-order chi connectivity index (χ1) is 18.4. The molecule has 39 heavy (non-hydrogen) atoms. The minimum absolute atomic E-state index is 0.149. The highest BCUT2D eigenvalue weighted by Gasteiger charge is 2.47. The molecular weight excluding hydrogens is 496 g/mol. The lowest BCUT2D eigenvalue weighted by Crippen LogP contribution is -2.50. The number of aldehydes is 1. The number of likely N-dealkylation sites (tertiary alicyclic amines) is 1. The number of piperidine rings is 1. The van der Waals surface area contributed by atoms with Gasteiger partial charge in [0.25, 0.3) is 0 Å². The van der Waals surface area contributed by atoms with E-state index < -0.39 is 17.7 Å². The van der Waals surface area contributed by atoms with Gasteiger partial charge in [0.05, 0.1) is 12.1 Å². The number of rotatable bonds is 7. The Bertz CT molecular complexity index is 683. The van der Waals surface area contributed by atoms with E-state index in [0.29, 0.717) is 18.4 Å². The molecule has 0 aromatic rings. The van der Waals surface area contributed by atoms with Crippen molar-refractivity contribution in [1.82, 2.24) is 20.9 Å². The smallest absolute Gasteiger partial charge is 0.408 e. The summed E-state index contributed by atoms with van der Waals surface area (Å²) in [6.07, 6.45) is 8.32. The topological polar surface area (TPSA) is 117 Å². The Hall–Kier alpha value is -2.16. The summed E-state index contributed by atoms with van der Waals surface area (Å²) in [5.74, 6) is 1.05. The van der Waals surface area contributed by atoms with Crippen molar-refractivity contribution < 1.29 is 23.9 Å². The summed E-state index contributed by atoms with van der Waals surface area (Å²) in [4.78, 5) is 46.2. The molecule has 0 aromatic heterocycles. The largest absolute Gasteiger partial charge is 0.444 e. The van der Waals surface area contributed by atoms with Crippen LogP contribution in [0.5, 0.6) is 0 Å². The molecule has 3 aliphatic rings. The maximum absolute atomic E-state index is 11.9. The standard InChI is InChI=1S/C11H20N2O.C11H21NO3.C4H7NO.2C2H6/c1-7(2)12-11(14)10-8-4-5-9(6-8)13(10)3;1-5-6-7-9(8-13)12-10(14)15-11(2,3)4;6-4-2-1-3-5-4;2*1-2/h7-10H,4-6H2,1-3H3,(H,12,14);8-9H,5-7H2,1-4H3,(H,12,14);1-3H2,(H,5,6);2*1-2H3/t;9-;;;/m.0.../s1. The maximum atomic E-state index is 11.9. The minimum atomic E-state index is -0.532. The third-order valence-electron chi connectivity index (χ3n) is 6.24. The highest BCUT2D eigenvalue weighted by Crippen LogP contribution is 2.41. The van der Waals surface area contributed by atoms with E-state index in [0.717, 1.165) is 38.5 Å². The molecule has 4 atom stereocenters. The second-order valence-electron chi connectivity index (χ2n) is 11.0. The number of carbonyl (C=O) groups is 4. The zero-order valence-electron chi connectivity index (χ0n) is 26.8. The highest BCUT2D eigenvalue weighted by molar-refractivity contribution is 5.83. The molecule has 2 bridgehead atoms. The Morgan fingerprint density at radius 3 is 2.10 bits per heavy atom. The van der Waals surface area contributed by atoms with Crippen LogP contribution in [-0.2, 0) is 19.1 Å². The summed E-state index contributed by atoms with van der Waals surface area (Å²) >= 11 is 0. The lowest BCUT2D eigenvalue weighted by molar-refractivity contribution is -0.128.